The Bertz CT molecular complexity index is 469. The minimum Gasteiger partial charge on any atom is -0.506 e. The maximum Gasteiger partial charge on any atom is 0.343 e. The van der Waals surface area contributed by atoms with Crippen LogP contribution in [0.5, 0.6) is 17.2 Å². The van der Waals surface area contributed by atoms with Gasteiger partial charge in [0.25, 0.3) is 0 Å². The van der Waals surface area contributed by atoms with Crippen LogP contribution < -0.4 is 0 Å². The molecule has 0 unspecified atom stereocenters. The highest BCUT2D eigenvalue weighted by Gasteiger charge is 2.30. The summed E-state index contributed by atoms with van der Waals surface area (Å²) in [5, 5.41) is 37.6. The first-order valence-electron chi connectivity index (χ1n) is 4.76. The number of carboxylic acids is 1. The predicted octanol–water partition coefficient (Wildman–Crippen LogP) is 0.907. The fourth-order valence-corrected chi connectivity index (χ4v) is 1.58. The Kier molecular flexibility index (Phi) is 3.27. The molecule has 0 spiro atoms. The zero-order valence-corrected chi connectivity index (χ0v) is 9.51. The third-order valence-corrected chi connectivity index (χ3v) is 2.34. The molecule has 0 bridgehead atoms. The lowest BCUT2D eigenvalue weighted by Gasteiger charge is -2.13. The zero-order valence-electron chi connectivity index (χ0n) is 9.51. The molecule has 1 aromatic rings. The predicted molar refractivity (Wildman–Crippen MR) is 58.4 cm³/mol. The molecule has 7 nitrogen and oxygen atoms in total. The molecule has 0 heterocycles. The Hall–Kier alpha value is -2.57. The quantitative estimate of drug-likeness (QED) is 0.589. The number of aromatic hydroxyl groups is 3. The van der Waals surface area contributed by atoms with E-state index in [-0.39, 0.29) is 0 Å². The number of carbonyl (C=O) groups excluding carboxylic acids is 2. The van der Waals surface area contributed by atoms with Crippen LogP contribution in [0, 0.1) is 0 Å². The molecule has 0 amide bonds. The Morgan fingerprint density at radius 2 is 1.00 bits per heavy atom. The maximum absolute atomic E-state index is 11.2. The molecule has 1 rings (SSSR count). The topological polar surface area (TPSA) is 132 Å². The third-order valence-electron chi connectivity index (χ3n) is 2.34. The molecular weight excluding hydrogens is 244 g/mol. The van der Waals surface area contributed by atoms with Crippen molar-refractivity contribution in [1.82, 2.24) is 0 Å². The van der Waals surface area contributed by atoms with Crippen LogP contribution in [-0.2, 0) is 0 Å². The van der Waals surface area contributed by atoms with Gasteiger partial charge in [-0.1, -0.05) is 0 Å². The molecule has 4 N–H and O–H groups in total. The summed E-state index contributed by atoms with van der Waals surface area (Å²) in [5.41, 5.74) is -2.42. The molecule has 0 saturated heterocycles. The Morgan fingerprint density at radius 3 is 1.22 bits per heavy atom. The SMILES string of the molecule is CC(=O)c1c(O)c(C(C)=O)c(O)c(C(=O)O)c1O. The van der Waals surface area contributed by atoms with E-state index in [4.69, 9.17) is 5.11 Å². The molecule has 0 fully saturated rings. The van der Waals surface area contributed by atoms with Crippen LogP contribution in [0.25, 0.3) is 0 Å². The van der Waals surface area contributed by atoms with Gasteiger partial charge in [0.1, 0.15) is 33.9 Å². The fraction of sp³-hybridized carbons (Fsp3) is 0.182. The van der Waals surface area contributed by atoms with E-state index in [1.54, 1.807) is 0 Å². The number of rotatable bonds is 3. The number of phenolic OH excluding ortho intramolecular Hbond substituents is 1. The van der Waals surface area contributed by atoms with Gasteiger partial charge in [-0.15, -0.1) is 0 Å². The van der Waals surface area contributed by atoms with Gasteiger partial charge in [-0.05, 0) is 13.8 Å². The molecule has 18 heavy (non-hydrogen) atoms. The minimum absolute atomic E-state index is 0.713. The second kappa shape index (κ2) is 4.36. The number of hydrogen-bond acceptors (Lipinski definition) is 6. The van der Waals surface area contributed by atoms with Gasteiger partial charge in [-0.25, -0.2) is 4.79 Å². The van der Waals surface area contributed by atoms with Crippen molar-refractivity contribution >= 4 is 17.5 Å². The highest BCUT2D eigenvalue weighted by Crippen LogP contribution is 2.42. The van der Waals surface area contributed by atoms with Gasteiger partial charge >= 0.3 is 5.97 Å². The molecule has 0 aliphatic carbocycles. The molecule has 0 aliphatic rings. The number of carboxylic acid groups (broad SMARTS) is 1. The first-order chi connectivity index (χ1) is 8.20. The summed E-state index contributed by atoms with van der Waals surface area (Å²) in [6, 6.07) is 0. The van der Waals surface area contributed by atoms with E-state index in [1.807, 2.05) is 0 Å². The summed E-state index contributed by atoms with van der Waals surface area (Å²) in [6.07, 6.45) is 0. The van der Waals surface area contributed by atoms with Gasteiger partial charge in [-0.3, -0.25) is 9.59 Å². The van der Waals surface area contributed by atoms with Crippen LogP contribution in [0.4, 0.5) is 0 Å². The molecule has 0 radical (unpaired) electrons. The second-order valence-electron chi connectivity index (χ2n) is 3.59. The number of phenols is 3. The summed E-state index contributed by atoms with van der Waals surface area (Å²) in [5.74, 6) is -6.49. The van der Waals surface area contributed by atoms with Crippen LogP contribution in [0.1, 0.15) is 44.9 Å². The van der Waals surface area contributed by atoms with Crippen molar-refractivity contribution in [2.24, 2.45) is 0 Å². The summed E-state index contributed by atoms with van der Waals surface area (Å²) < 4.78 is 0. The van der Waals surface area contributed by atoms with Crippen molar-refractivity contribution in [3.05, 3.63) is 16.7 Å². The van der Waals surface area contributed by atoms with Gasteiger partial charge in [0.05, 0.1) is 0 Å². The van der Waals surface area contributed by atoms with Gasteiger partial charge < -0.3 is 20.4 Å². The van der Waals surface area contributed by atoms with Crippen LogP contribution in [-0.4, -0.2) is 38.0 Å². The van der Waals surface area contributed by atoms with Crippen LogP contribution in [0.2, 0.25) is 0 Å². The van der Waals surface area contributed by atoms with Gasteiger partial charge in [0.15, 0.2) is 11.6 Å². The normalized spacial score (nSPS) is 10.1. The summed E-state index contributed by atoms with van der Waals surface area (Å²) in [4.78, 5) is 33.4. The van der Waals surface area contributed by atoms with E-state index in [9.17, 15) is 29.7 Å². The van der Waals surface area contributed by atoms with Crippen molar-refractivity contribution in [3.8, 4) is 17.2 Å². The summed E-state index contributed by atoms with van der Waals surface area (Å²) in [6.45, 7) is 1.95. The number of benzene rings is 1. The largest absolute Gasteiger partial charge is 0.506 e. The molecule has 0 aliphatic heterocycles. The average molecular weight is 254 g/mol. The molecule has 96 valence electrons. The first-order valence-corrected chi connectivity index (χ1v) is 4.76. The van der Waals surface area contributed by atoms with Crippen molar-refractivity contribution in [2.45, 2.75) is 13.8 Å². The molecule has 0 saturated carbocycles. The number of ketones is 2. The van der Waals surface area contributed by atoms with E-state index < -0.39 is 51.5 Å². The average Bonchev–Trinajstić information content (AvgIpc) is 2.14. The Balaban J connectivity index is 3.94. The number of hydrogen-bond donors (Lipinski definition) is 4. The monoisotopic (exact) mass is 254 g/mol. The van der Waals surface area contributed by atoms with Gasteiger partial charge in [-0.2, -0.15) is 0 Å². The fourth-order valence-electron chi connectivity index (χ4n) is 1.58. The van der Waals surface area contributed by atoms with E-state index in [1.165, 1.54) is 0 Å². The van der Waals surface area contributed by atoms with E-state index in [2.05, 4.69) is 0 Å². The second-order valence-corrected chi connectivity index (χ2v) is 3.59. The van der Waals surface area contributed by atoms with Crippen LogP contribution >= 0.6 is 0 Å². The Labute approximate surface area is 101 Å². The van der Waals surface area contributed by atoms with E-state index in [0.717, 1.165) is 13.8 Å². The first kappa shape index (κ1) is 13.5. The van der Waals surface area contributed by atoms with Gasteiger partial charge in [0, 0.05) is 0 Å². The lowest BCUT2D eigenvalue weighted by molar-refractivity contribution is 0.0690. The minimum atomic E-state index is -1.73. The van der Waals surface area contributed by atoms with Crippen molar-refractivity contribution < 1.29 is 34.8 Å². The van der Waals surface area contributed by atoms with E-state index >= 15 is 0 Å². The number of carbonyl (C=O) groups is 3. The molecule has 0 aromatic heterocycles. The van der Waals surface area contributed by atoms with Crippen molar-refractivity contribution in [1.29, 1.82) is 0 Å². The maximum atomic E-state index is 11.2. The zero-order chi connectivity index (χ0) is 14.2. The third kappa shape index (κ3) is 1.86. The lowest BCUT2D eigenvalue weighted by Crippen LogP contribution is -2.08. The smallest absolute Gasteiger partial charge is 0.343 e. The number of Topliss-reactive ketones (excluding diaryl/α,β-unsaturated/α-hetero) is 2. The lowest BCUT2D eigenvalue weighted by atomic mass is 9.96. The molecule has 1 aromatic carbocycles. The van der Waals surface area contributed by atoms with Crippen molar-refractivity contribution in [3.63, 3.8) is 0 Å². The van der Waals surface area contributed by atoms with Crippen LogP contribution in [0.15, 0.2) is 0 Å². The van der Waals surface area contributed by atoms with Crippen molar-refractivity contribution in [2.75, 3.05) is 0 Å². The highest BCUT2D eigenvalue weighted by atomic mass is 16.4. The summed E-state index contributed by atoms with van der Waals surface area (Å²) >= 11 is 0. The standard InChI is InChI=1S/C11H10O7/c1-3(12)5-8(14)6(4(2)13)10(16)7(9(5)15)11(17)18/h14-16H,1-2H3,(H,17,18). The number of aromatic carboxylic acids is 1. The Morgan fingerprint density at radius 1 is 0.722 bits per heavy atom. The summed E-state index contributed by atoms with van der Waals surface area (Å²) in [7, 11) is 0. The van der Waals surface area contributed by atoms with Gasteiger partial charge in [0.2, 0.25) is 0 Å². The molecular formula is C11H10O7. The highest BCUT2D eigenvalue weighted by molar-refractivity contribution is 6.12. The molecule has 0 atom stereocenters. The van der Waals surface area contributed by atoms with Crippen LogP contribution in [0.3, 0.4) is 0 Å². The molecule has 7 heteroatoms. The van der Waals surface area contributed by atoms with E-state index in [0.29, 0.717) is 0 Å².